The molecule has 1 aliphatic heterocycles. The largest absolute Gasteiger partial charge is 0.503 e. The van der Waals surface area contributed by atoms with Crippen LogP contribution in [0.3, 0.4) is 0 Å². The molecule has 0 aliphatic carbocycles. The Bertz CT molecular complexity index is 1570. The number of anilines is 1. The van der Waals surface area contributed by atoms with Crippen molar-refractivity contribution in [2.45, 2.75) is 30.0 Å². The van der Waals surface area contributed by atoms with Gasteiger partial charge in [0.15, 0.2) is 10.1 Å². The molecule has 0 saturated carbocycles. The summed E-state index contributed by atoms with van der Waals surface area (Å²) in [6.07, 6.45) is 0. The first kappa shape index (κ1) is 25.7. The lowest BCUT2D eigenvalue weighted by molar-refractivity contribution is -0.117. The molecule has 0 radical (unpaired) electrons. The van der Waals surface area contributed by atoms with Crippen LogP contribution in [0.25, 0.3) is 0 Å². The lowest BCUT2D eigenvalue weighted by atomic mass is 9.95. The Balaban J connectivity index is 1.52. The van der Waals surface area contributed by atoms with E-state index >= 15 is 0 Å². The maximum atomic E-state index is 14.0. The van der Waals surface area contributed by atoms with E-state index in [-0.39, 0.29) is 16.5 Å². The number of hydrogen-bond acceptors (Lipinski definition) is 9. The molecule has 1 atom stereocenters. The number of halogens is 2. The Labute approximate surface area is 232 Å². The van der Waals surface area contributed by atoms with E-state index in [0.29, 0.717) is 36.8 Å². The molecule has 0 bridgehead atoms. The fraction of sp³-hybridized carbons (Fsp3) is 0.160. The molecule has 1 aliphatic rings. The van der Waals surface area contributed by atoms with Crippen molar-refractivity contribution in [1.29, 1.82) is 0 Å². The number of aliphatic hydroxyl groups is 1. The lowest BCUT2D eigenvalue weighted by Crippen LogP contribution is -2.31. The van der Waals surface area contributed by atoms with Gasteiger partial charge >= 0.3 is 0 Å². The molecule has 0 saturated heterocycles. The van der Waals surface area contributed by atoms with Crippen molar-refractivity contribution in [1.82, 2.24) is 15.2 Å². The number of benzene rings is 2. The highest BCUT2D eigenvalue weighted by atomic mass is 79.9. The summed E-state index contributed by atoms with van der Waals surface area (Å²) in [6, 6.07) is 12.7. The number of nitrogens with zero attached hydrogens (tertiary/aromatic N) is 4. The van der Waals surface area contributed by atoms with Crippen LogP contribution in [0.15, 0.2) is 68.7 Å². The summed E-state index contributed by atoms with van der Waals surface area (Å²) in [4.78, 5) is 33.0. The van der Waals surface area contributed by atoms with E-state index in [4.69, 9.17) is 0 Å². The maximum Gasteiger partial charge on any atom is 0.296 e. The van der Waals surface area contributed by atoms with Gasteiger partial charge in [-0.3, -0.25) is 14.5 Å². The van der Waals surface area contributed by atoms with Crippen LogP contribution in [-0.2, 0) is 10.5 Å². The Morgan fingerprint density at radius 1 is 1.16 bits per heavy atom. The third-order valence-electron chi connectivity index (χ3n) is 5.64. The maximum absolute atomic E-state index is 14.0. The number of carbonyl (C=O) groups excluding carboxylic acids is 2. The van der Waals surface area contributed by atoms with Gasteiger partial charge in [-0.1, -0.05) is 69.4 Å². The third kappa shape index (κ3) is 4.98. The molecular weight excluding hydrogens is 599 g/mol. The Morgan fingerprint density at radius 2 is 1.95 bits per heavy atom. The van der Waals surface area contributed by atoms with Crippen LogP contribution in [0.1, 0.15) is 37.5 Å². The molecular formula is C25H18BrFN4O3S3. The highest BCUT2D eigenvalue weighted by molar-refractivity contribution is 9.10. The summed E-state index contributed by atoms with van der Waals surface area (Å²) in [6.45, 7) is 3.52. The van der Waals surface area contributed by atoms with Crippen molar-refractivity contribution in [3.63, 3.8) is 0 Å². The molecule has 5 rings (SSSR count). The average Bonchev–Trinajstić information content (AvgIpc) is 3.54. The van der Waals surface area contributed by atoms with Gasteiger partial charge < -0.3 is 5.11 Å². The van der Waals surface area contributed by atoms with Gasteiger partial charge in [-0.25, -0.2) is 9.37 Å². The summed E-state index contributed by atoms with van der Waals surface area (Å²) in [5.74, 6) is -1.80. The summed E-state index contributed by atoms with van der Waals surface area (Å²) in [7, 11) is 0. The zero-order valence-corrected chi connectivity index (χ0v) is 23.5. The van der Waals surface area contributed by atoms with Gasteiger partial charge in [0, 0.05) is 10.2 Å². The van der Waals surface area contributed by atoms with Gasteiger partial charge in [0.2, 0.25) is 10.9 Å². The van der Waals surface area contributed by atoms with Crippen LogP contribution in [-0.4, -0.2) is 32.0 Å². The number of aryl methyl sites for hydroxylation is 2. The first-order valence-electron chi connectivity index (χ1n) is 10.9. The van der Waals surface area contributed by atoms with Crippen LogP contribution in [0.2, 0.25) is 0 Å². The van der Waals surface area contributed by atoms with Crippen molar-refractivity contribution >= 4 is 67.2 Å². The third-order valence-corrected chi connectivity index (χ3v) is 9.31. The van der Waals surface area contributed by atoms with E-state index in [9.17, 15) is 19.1 Å². The molecule has 4 aromatic rings. The standard InChI is InChI=1S/C25H18BrFN4O3S3/c1-12-22(36-13(2)28-12)20(32)18-19(14-7-5-8-16(26)10-14)31(23(34)21(18)33)24-29-30-25(37-24)35-11-15-6-3-4-9-17(15)27/h3-10,19,33H,11H2,1-2H3. The van der Waals surface area contributed by atoms with Gasteiger partial charge in [-0.05, 0) is 43.2 Å². The van der Waals surface area contributed by atoms with E-state index in [0.717, 1.165) is 15.8 Å². The van der Waals surface area contributed by atoms with Crippen molar-refractivity contribution in [3.05, 3.63) is 96.9 Å². The fourth-order valence-corrected chi connectivity index (χ4v) is 7.15. The molecule has 7 nitrogen and oxygen atoms in total. The van der Waals surface area contributed by atoms with Gasteiger partial charge in [-0.2, -0.15) is 0 Å². The number of rotatable bonds is 7. The highest BCUT2D eigenvalue weighted by Crippen LogP contribution is 2.45. The molecule has 1 unspecified atom stereocenters. The van der Waals surface area contributed by atoms with Crippen LogP contribution < -0.4 is 4.90 Å². The van der Waals surface area contributed by atoms with Crippen LogP contribution in [0.5, 0.6) is 0 Å². The highest BCUT2D eigenvalue weighted by Gasteiger charge is 2.46. The number of ketones is 1. The number of aromatic nitrogens is 3. The molecule has 0 fully saturated rings. The fourth-order valence-electron chi connectivity index (χ4n) is 4.00. The van der Waals surface area contributed by atoms with Crippen LogP contribution >= 0.6 is 50.4 Å². The van der Waals surface area contributed by atoms with Gasteiger partial charge in [-0.15, -0.1) is 21.5 Å². The van der Waals surface area contributed by atoms with Crippen LogP contribution in [0, 0.1) is 19.7 Å². The smallest absolute Gasteiger partial charge is 0.296 e. The van der Waals surface area contributed by atoms with Crippen molar-refractivity contribution in [2.24, 2.45) is 0 Å². The average molecular weight is 618 g/mol. The minimum absolute atomic E-state index is 0.0365. The number of thioether (sulfide) groups is 1. The zero-order valence-electron chi connectivity index (χ0n) is 19.4. The molecule has 0 spiro atoms. The van der Waals surface area contributed by atoms with Gasteiger partial charge in [0.1, 0.15) is 5.82 Å². The second kappa shape index (κ2) is 10.4. The molecule has 1 N–H and O–H groups in total. The van der Waals surface area contributed by atoms with Crippen molar-refractivity contribution in [3.8, 4) is 0 Å². The number of aliphatic hydroxyl groups excluding tert-OH is 1. The molecule has 37 heavy (non-hydrogen) atoms. The molecule has 12 heteroatoms. The second-order valence-corrected chi connectivity index (χ2v) is 12.4. The quantitative estimate of drug-likeness (QED) is 0.142. The van der Waals surface area contributed by atoms with Crippen molar-refractivity contribution in [2.75, 3.05) is 4.90 Å². The summed E-state index contributed by atoms with van der Waals surface area (Å²) >= 11 is 7.09. The predicted octanol–water partition coefficient (Wildman–Crippen LogP) is 6.59. The summed E-state index contributed by atoms with van der Waals surface area (Å²) in [5, 5.41) is 20.3. The van der Waals surface area contributed by atoms with Gasteiger partial charge in [0.05, 0.1) is 27.2 Å². The van der Waals surface area contributed by atoms with E-state index in [1.165, 1.54) is 34.1 Å². The van der Waals surface area contributed by atoms with Gasteiger partial charge in [0.25, 0.3) is 5.91 Å². The minimum Gasteiger partial charge on any atom is -0.503 e. The first-order chi connectivity index (χ1) is 17.7. The van der Waals surface area contributed by atoms with E-state index in [1.807, 2.05) is 6.07 Å². The Hall–Kier alpha value is -2.93. The molecule has 2 aromatic heterocycles. The van der Waals surface area contributed by atoms with E-state index in [2.05, 4.69) is 31.1 Å². The normalized spacial score (nSPS) is 15.6. The van der Waals surface area contributed by atoms with E-state index in [1.54, 1.807) is 50.2 Å². The SMILES string of the molecule is Cc1nc(C)c(C(=O)C2=C(O)C(=O)N(c3nnc(SCc4ccccc4F)s3)C2c2cccc(Br)c2)s1. The number of amides is 1. The summed E-state index contributed by atoms with van der Waals surface area (Å²) in [5.41, 5.74) is 1.64. The number of Topliss-reactive ketones (excluding diaryl/α,β-unsaturated/α-hetero) is 1. The first-order valence-corrected chi connectivity index (χ1v) is 14.4. The van der Waals surface area contributed by atoms with Crippen molar-refractivity contribution < 1.29 is 19.1 Å². The van der Waals surface area contributed by atoms with Crippen LogP contribution in [0.4, 0.5) is 9.52 Å². The molecule has 3 heterocycles. The molecule has 2 aromatic carbocycles. The second-order valence-electron chi connectivity index (χ2n) is 8.10. The monoisotopic (exact) mass is 616 g/mol. The zero-order chi connectivity index (χ0) is 26.3. The molecule has 1 amide bonds. The Morgan fingerprint density at radius 3 is 2.65 bits per heavy atom. The predicted molar refractivity (Wildman–Crippen MR) is 146 cm³/mol. The summed E-state index contributed by atoms with van der Waals surface area (Å²) < 4.78 is 15.3. The number of carbonyl (C=O) groups is 2. The Kier molecular flexibility index (Phi) is 7.26. The molecule has 188 valence electrons. The topological polar surface area (TPSA) is 96.3 Å². The minimum atomic E-state index is -0.920. The lowest BCUT2D eigenvalue weighted by Gasteiger charge is -2.24. The van der Waals surface area contributed by atoms with E-state index < -0.39 is 23.5 Å². The number of hydrogen-bond donors (Lipinski definition) is 1. The number of thiazole rings is 1.